The summed E-state index contributed by atoms with van der Waals surface area (Å²) < 4.78 is 3.34. The summed E-state index contributed by atoms with van der Waals surface area (Å²) >= 11 is 1.30. The van der Waals surface area contributed by atoms with Crippen molar-refractivity contribution < 1.29 is 24.2 Å². The predicted octanol–water partition coefficient (Wildman–Crippen LogP) is 15.5. The SMILES string of the molecule is CC1[C-]=CC(C2(C)C3CC4CC(C3)CC2C4)=C1.C[C-]1C2=C3Cc4ccccc4C3=C3C=CCCC3C2(C)C(C)(C)C(C)(C)C1(C)C.Cl.Cl.[CH2-]C.[CH2]=[Zr].[c-]1ccccc1. The van der Waals surface area contributed by atoms with E-state index in [1.807, 2.05) is 30.3 Å². The van der Waals surface area contributed by atoms with Gasteiger partial charge >= 0.3 is 28.4 Å². The maximum absolute atomic E-state index is 3.49. The third-order valence-corrected chi connectivity index (χ3v) is 17.8. The van der Waals surface area contributed by atoms with Crippen LogP contribution in [0.1, 0.15) is 132 Å². The fourth-order valence-corrected chi connectivity index (χ4v) is 13.5. The van der Waals surface area contributed by atoms with Gasteiger partial charge in [0.25, 0.3) is 0 Å². The maximum atomic E-state index is 3.49. The summed E-state index contributed by atoms with van der Waals surface area (Å²) in [6, 6.07) is 21.7. The van der Waals surface area contributed by atoms with Crippen LogP contribution in [0.5, 0.6) is 0 Å². The molecule has 0 spiro atoms. The first-order valence-corrected chi connectivity index (χ1v) is 23.7. The second kappa shape index (κ2) is 18.8. The molecule has 3 unspecified atom stereocenters. The number of hydrogen-bond donors (Lipinski definition) is 0. The summed E-state index contributed by atoms with van der Waals surface area (Å²) in [5, 5.41) is 0. The second-order valence-electron chi connectivity index (χ2n) is 20.1. The van der Waals surface area contributed by atoms with Crippen molar-refractivity contribution in [3.8, 4) is 0 Å². The Balaban J connectivity index is 0.000000217. The van der Waals surface area contributed by atoms with Gasteiger partial charge in [0.1, 0.15) is 0 Å². The second-order valence-corrected chi connectivity index (χ2v) is 20.1. The molecule has 316 valence electrons. The molecule has 3 heteroatoms. The van der Waals surface area contributed by atoms with Crippen LogP contribution in [-0.4, -0.2) is 4.21 Å². The van der Waals surface area contributed by atoms with Gasteiger partial charge in [-0.05, 0) is 96.3 Å². The van der Waals surface area contributed by atoms with Crippen LogP contribution >= 0.6 is 24.8 Å². The number of fused-ring (bicyclic) bond motifs is 6. The number of allylic oxidation sites excluding steroid dienone is 10. The quantitative estimate of drug-likeness (QED) is 0.250. The van der Waals surface area contributed by atoms with Gasteiger partial charge in [0.15, 0.2) is 0 Å². The molecule has 5 fully saturated rings. The van der Waals surface area contributed by atoms with E-state index in [9.17, 15) is 0 Å². The van der Waals surface area contributed by atoms with Crippen molar-refractivity contribution >= 4 is 34.6 Å². The zero-order chi connectivity index (χ0) is 40.8. The van der Waals surface area contributed by atoms with Crippen LogP contribution in [0.3, 0.4) is 0 Å². The fourth-order valence-electron chi connectivity index (χ4n) is 13.5. The van der Waals surface area contributed by atoms with Crippen LogP contribution in [0.2, 0.25) is 0 Å². The molecule has 0 aliphatic heterocycles. The minimum absolute atomic E-state index is 0. The van der Waals surface area contributed by atoms with Crippen molar-refractivity contribution in [1.82, 2.24) is 0 Å². The van der Waals surface area contributed by atoms with Crippen LogP contribution < -0.4 is 0 Å². The minimum atomic E-state index is 0. The minimum Gasteiger partial charge on any atom is -0.184 e. The molecule has 2 aromatic carbocycles. The standard InChI is InChI=1S/C29H37.C17H23.C6H5.C2H5.CH2.2ClH.Zr/c1-18-25-22-17-19-13-9-10-14-20(19)24(22)21-15-11-12-16-23(21)29(25,8)28(6,7)27(4,5)26(18,2)3;1-11-3-4-14(5-11)17(2)15-7-12-6-13(9-15)10-16(17)8-12;1-2-4-6-5-3-1;1-2;;;;/h9-11,13-15,23H,12,16-17H2,1-8H3;4-5,11-13,15-16H,6-10H2,1-2H3;1-5H;1H2,2H3;1H2;2*1H;/q4*-1;;;;. The van der Waals surface area contributed by atoms with Crippen LogP contribution in [-0.2, 0) is 30.7 Å². The van der Waals surface area contributed by atoms with Crippen molar-refractivity contribution in [2.45, 2.75) is 128 Å². The van der Waals surface area contributed by atoms with E-state index in [0.29, 0.717) is 17.3 Å². The van der Waals surface area contributed by atoms with Gasteiger partial charge in [-0.25, -0.2) is 12.0 Å². The Hall–Kier alpha value is -1.66. The van der Waals surface area contributed by atoms with E-state index in [0.717, 1.165) is 30.1 Å². The Morgan fingerprint density at radius 1 is 0.793 bits per heavy atom. The number of rotatable bonds is 1. The summed E-state index contributed by atoms with van der Waals surface area (Å²) in [7, 11) is 0. The predicted molar refractivity (Wildman–Crippen MR) is 252 cm³/mol. The van der Waals surface area contributed by atoms with E-state index in [4.69, 9.17) is 0 Å². The van der Waals surface area contributed by atoms with Gasteiger partial charge < -0.3 is 6.92 Å². The van der Waals surface area contributed by atoms with E-state index in [1.54, 1.807) is 47.1 Å². The van der Waals surface area contributed by atoms with Gasteiger partial charge in [-0.1, -0.05) is 139 Å². The Kier molecular flexibility index (Phi) is 15.8. The molecule has 3 atom stereocenters. The average molecular weight is 897 g/mol. The van der Waals surface area contributed by atoms with Crippen LogP contribution in [0.15, 0.2) is 101 Å². The molecular formula is C55H74Cl2Zr-4. The molecule has 0 N–H and O–H groups in total. The van der Waals surface area contributed by atoms with Gasteiger partial charge in [0.05, 0.1) is 0 Å². The largest absolute Gasteiger partial charge is 0.184 e. The first-order valence-electron chi connectivity index (χ1n) is 22.0. The molecule has 2 aromatic rings. The average Bonchev–Trinajstić information content (AvgIpc) is 3.83. The molecule has 0 saturated heterocycles. The molecular weight excluding hydrogens is 823 g/mol. The van der Waals surface area contributed by atoms with Crippen molar-refractivity contribution in [3.63, 3.8) is 0 Å². The zero-order valence-electron chi connectivity index (χ0n) is 37.9. The molecule has 11 rings (SSSR count). The number of benzene rings is 2. The Bertz CT molecular complexity index is 1830. The molecule has 0 aromatic heterocycles. The molecule has 0 heterocycles. The Morgan fingerprint density at radius 3 is 1.90 bits per heavy atom. The van der Waals surface area contributed by atoms with E-state index in [2.05, 4.69) is 141 Å². The molecule has 58 heavy (non-hydrogen) atoms. The summed E-state index contributed by atoms with van der Waals surface area (Å²) in [6.45, 7) is 30.1. The van der Waals surface area contributed by atoms with Crippen molar-refractivity contribution in [2.75, 3.05) is 0 Å². The van der Waals surface area contributed by atoms with Crippen molar-refractivity contribution in [2.24, 2.45) is 62.6 Å². The summed E-state index contributed by atoms with van der Waals surface area (Å²) in [6.07, 6.45) is 24.4. The zero-order valence-corrected chi connectivity index (χ0v) is 41.9. The van der Waals surface area contributed by atoms with E-state index in [1.165, 1.54) is 73.9 Å². The van der Waals surface area contributed by atoms with Gasteiger partial charge in [-0.2, -0.15) is 66.1 Å². The number of halogens is 2. The molecule has 0 amide bonds. The smallest absolute Gasteiger partial charge is 0.171 e. The summed E-state index contributed by atoms with van der Waals surface area (Å²) in [4.78, 5) is 0. The Labute approximate surface area is 383 Å². The monoisotopic (exact) mass is 894 g/mol. The molecule has 0 radical (unpaired) electrons. The maximum Gasteiger partial charge on any atom is -0.171 e. The summed E-state index contributed by atoms with van der Waals surface area (Å²) in [5.74, 6) is 6.92. The topological polar surface area (TPSA) is 0 Å². The van der Waals surface area contributed by atoms with Crippen LogP contribution in [0, 0.1) is 87.6 Å². The fraction of sp³-hybridized carbons (Fsp3) is 0.545. The van der Waals surface area contributed by atoms with E-state index in [-0.39, 0.29) is 46.5 Å². The number of hydrogen-bond acceptors (Lipinski definition) is 0. The molecule has 9 aliphatic rings. The normalized spacial score (nSPS) is 33.8. The van der Waals surface area contributed by atoms with Gasteiger partial charge in [-0.3, -0.25) is 6.08 Å². The third kappa shape index (κ3) is 7.63. The van der Waals surface area contributed by atoms with Crippen LogP contribution in [0.4, 0.5) is 0 Å². The van der Waals surface area contributed by atoms with E-state index >= 15 is 0 Å². The molecule has 9 aliphatic carbocycles. The molecule has 5 saturated carbocycles. The van der Waals surface area contributed by atoms with E-state index < -0.39 is 0 Å². The van der Waals surface area contributed by atoms with Gasteiger partial charge in [0.2, 0.25) is 0 Å². The van der Waals surface area contributed by atoms with Gasteiger partial charge in [-0.15, -0.1) is 31.7 Å². The van der Waals surface area contributed by atoms with Crippen molar-refractivity contribution in [1.29, 1.82) is 0 Å². The van der Waals surface area contributed by atoms with Gasteiger partial charge in [0, 0.05) is 0 Å². The third-order valence-electron chi connectivity index (χ3n) is 17.8. The molecule has 4 bridgehead atoms. The first-order chi connectivity index (χ1) is 26.6. The summed E-state index contributed by atoms with van der Waals surface area (Å²) in [5.41, 5.74) is 12.4. The first kappa shape index (κ1) is 49.0. The van der Waals surface area contributed by atoms with Crippen molar-refractivity contribution in [3.05, 3.63) is 137 Å². The molecule has 0 nitrogen and oxygen atoms in total. The van der Waals surface area contributed by atoms with Crippen LogP contribution in [0.25, 0.3) is 5.57 Å². The Morgan fingerprint density at radius 2 is 1.38 bits per heavy atom.